The van der Waals surface area contributed by atoms with Crippen LogP contribution in [0, 0.1) is 10.1 Å². The zero-order valence-electron chi connectivity index (χ0n) is 17.3. The summed E-state index contributed by atoms with van der Waals surface area (Å²) in [6.45, 7) is -1.10. The Morgan fingerprint density at radius 1 is 1.00 bits per heavy atom. The summed E-state index contributed by atoms with van der Waals surface area (Å²) in [5.74, 6) is -8.79. The Morgan fingerprint density at radius 3 is 2.14 bits per heavy atom. The van der Waals surface area contributed by atoms with Crippen molar-refractivity contribution in [1.29, 1.82) is 0 Å². The van der Waals surface area contributed by atoms with Gasteiger partial charge < -0.3 is 10.1 Å². The predicted octanol–water partition coefficient (Wildman–Crippen LogP) is 6.12. The van der Waals surface area contributed by atoms with Crippen LogP contribution >= 0.6 is 11.8 Å². The topological polar surface area (TPSA) is 98.5 Å². The molecule has 1 atom stereocenters. The number of hydrogen-bond acceptors (Lipinski definition) is 6. The van der Waals surface area contributed by atoms with Crippen LogP contribution in [0.15, 0.2) is 52.3 Å². The van der Waals surface area contributed by atoms with Crippen molar-refractivity contribution in [1.82, 2.24) is 0 Å². The molecule has 2 rings (SSSR count). The molecule has 0 saturated carbocycles. The molecule has 0 spiro atoms. The molecule has 19 heteroatoms. The molecule has 1 N–H and O–H groups in total. The number of carbonyl (C=O) groups excluding carboxylic acids is 1. The van der Waals surface area contributed by atoms with Crippen LogP contribution in [0.2, 0.25) is 0 Å². The second-order valence-corrected chi connectivity index (χ2v) is 9.25. The molecule has 0 saturated heterocycles. The standard InChI is InChI=1S/C18H10F10N2O5S2/c19-15(20,16(21,22)23)17(24,25)37(34)9-5-6-12(11(7-9)30(32)33)35-8-14(31)29-10-3-1-2-4-13(10)36-18(26,27)28/h1-7H,8H2,(H,29,31). The summed E-state index contributed by atoms with van der Waals surface area (Å²) in [6, 6.07) is 5.30. The number of alkyl halides is 10. The summed E-state index contributed by atoms with van der Waals surface area (Å²) in [5.41, 5.74) is -6.36. The SMILES string of the molecule is O=C(COc1ccc(S(=O)C(F)(F)C(F)(F)C(F)(F)F)cc1[N+](=O)[O-])Nc1ccccc1SC(F)(F)F. The normalized spacial score (nSPS) is 13.7. The molecule has 0 fully saturated rings. The van der Waals surface area contributed by atoms with Crippen molar-refractivity contribution < 1.29 is 62.6 Å². The fourth-order valence-corrected chi connectivity index (χ4v) is 4.10. The number of ether oxygens (including phenoxy) is 1. The molecule has 0 bridgehead atoms. The molecular weight excluding hydrogens is 578 g/mol. The minimum atomic E-state index is -6.80. The van der Waals surface area contributed by atoms with Gasteiger partial charge in [-0.15, -0.1) is 0 Å². The number of halogens is 10. The first-order valence-corrected chi connectivity index (χ1v) is 11.0. The van der Waals surface area contributed by atoms with Crippen molar-refractivity contribution in [3.05, 3.63) is 52.6 Å². The Hall–Kier alpha value is -3.09. The van der Waals surface area contributed by atoms with Crippen LogP contribution < -0.4 is 10.1 Å². The number of anilines is 1. The van der Waals surface area contributed by atoms with Gasteiger partial charge in [-0.25, -0.2) is 4.21 Å². The van der Waals surface area contributed by atoms with E-state index in [-0.39, 0.29) is 17.8 Å². The van der Waals surface area contributed by atoms with E-state index in [2.05, 4.69) is 0 Å². The predicted molar refractivity (Wildman–Crippen MR) is 108 cm³/mol. The Balaban J connectivity index is 2.24. The third-order valence-electron chi connectivity index (χ3n) is 4.04. The Kier molecular flexibility index (Phi) is 8.73. The first-order chi connectivity index (χ1) is 16.8. The van der Waals surface area contributed by atoms with Crippen molar-refractivity contribution in [2.24, 2.45) is 0 Å². The number of carbonyl (C=O) groups is 1. The second kappa shape index (κ2) is 10.7. The van der Waals surface area contributed by atoms with E-state index in [1.54, 1.807) is 0 Å². The molecule has 0 aliphatic rings. The zero-order chi connectivity index (χ0) is 28.4. The summed E-state index contributed by atoms with van der Waals surface area (Å²) < 4.78 is 145. The van der Waals surface area contributed by atoms with E-state index >= 15 is 0 Å². The highest BCUT2D eigenvalue weighted by atomic mass is 32.2. The molecule has 1 unspecified atom stereocenters. The number of thioether (sulfide) groups is 1. The lowest BCUT2D eigenvalue weighted by Gasteiger charge is -2.27. The number of benzene rings is 2. The highest BCUT2D eigenvalue weighted by Crippen LogP contribution is 2.49. The lowest BCUT2D eigenvalue weighted by atomic mass is 10.3. The molecule has 0 aromatic heterocycles. The third-order valence-corrected chi connectivity index (χ3v) is 6.25. The maximum absolute atomic E-state index is 13.7. The van der Waals surface area contributed by atoms with Gasteiger partial charge in [-0.05, 0) is 36.0 Å². The summed E-state index contributed by atoms with van der Waals surface area (Å²) in [5, 5.41) is 7.04. The zero-order valence-corrected chi connectivity index (χ0v) is 19.0. The molecule has 37 heavy (non-hydrogen) atoms. The summed E-state index contributed by atoms with van der Waals surface area (Å²) in [7, 11) is -4.43. The van der Waals surface area contributed by atoms with Crippen LogP contribution in [-0.4, -0.2) is 44.5 Å². The largest absolute Gasteiger partial charge is 0.477 e. The minimum absolute atomic E-state index is 0.0149. The molecule has 7 nitrogen and oxygen atoms in total. The van der Waals surface area contributed by atoms with Crippen molar-refractivity contribution in [2.75, 3.05) is 11.9 Å². The van der Waals surface area contributed by atoms with E-state index in [0.717, 1.165) is 12.1 Å². The van der Waals surface area contributed by atoms with Crippen LogP contribution in [0.3, 0.4) is 0 Å². The highest BCUT2D eigenvalue weighted by molar-refractivity contribution is 8.00. The fraction of sp³-hybridized carbons (Fsp3) is 0.278. The Bertz CT molecular complexity index is 1200. The van der Waals surface area contributed by atoms with Gasteiger partial charge >= 0.3 is 28.5 Å². The quantitative estimate of drug-likeness (QED) is 0.164. The molecule has 0 aliphatic heterocycles. The van der Waals surface area contributed by atoms with E-state index < -0.39 is 84.1 Å². The van der Waals surface area contributed by atoms with E-state index in [0.29, 0.717) is 6.07 Å². The lowest BCUT2D eigenvalue weighted by molar-refractivity contribution is -0.386. The van der Waals surface area contributed by atoms with Crippen molar-refractivity contribution in [3.8, 4) is 5.75 Å². The van der Waals surface area contributed by atoms with Gasteiger partial charge in [-0.3, -0.25) is 14.9 Å². The van der Waals surface area contributed by atoms with Crippen molar-refractivity contribution >= 4 is 39.8 Å². The maximum atomic E-state index is 13.7. The van der Waals surface area contributed by atoms with Gasteiger partial charge in [0.25, 0.3) is 5.91 Å². The average Bonchev–Trinajstić information content (AvgIpc) is 2.76. The van der Waals surface area contributed by atoms with Crippen LogP contribution in [-0.2, 0) is 15.6 Å². The number of rotatable bonds is 9. The molecule has 1 amide bonds. The fourth-order valence-electron chi connectivity index (χ4n) is 2.42. The molecule has 0 radical (unpaired) electrons. The summed E-state index contributed by atoms with van der Waals surface area (Å²) >= 11 is -0.559. The van der Waals surface area contributed by atoms with Crippen LogP contribution in [0.5, 0.6) is 5.75 Å². The summed E-state index contributed by atoms with van der Waals surface area (Å²) in [6.07, 6.45) is -6.80. The van der Waals surface area contributed by atoms with Crippen LogP contribution in [0.25, 0.3) is 0 Å². The van der Waals surface area contributed by atoms with E-state index in [1.165, 1.54) is 12.1 Å². The number of hydrogen-bond donors (Lipinski definition) is 1. The van der Waals surface area contributed by atoms with Crippen molar-refractivity contribution in [2.45, 2.75) is 32.7 Å². The van der Waals surface area contributed by atoms with Gasteiger partial charge in [-0.1, -0.05) is 12.1 Å². The van der Waals surface area contributed by atoms with E-state index in [4.69, 9.17) is 4.74 Å². The van der Waals surface area contributed by atoms with Gasteiger partial charge in [0, 0.05) is 11.0 Å². The number of para-hydroxylation sites is 1. The smallest absolute Gasteiger partial charge is 0.461 e. The third kappa shape index (κ3) is 7.02. The Labute approximate surface area is 205 Å². The first-order valence-electron chi connectivity index (χ1n) is 9.08. The lowest BCUT2D eigenvalue weighted by Crippen LogP contribution is -2.54. The van der Waals surface area contributed by atoms with Gasteiger partial charge in [0.15, 0.2) is 12.4 Å². The molecule has 0 aliphatic carbocycles. The minimum Gasteiger partial charge on any atom is -0.477 e. The van der Waals surface area contributed by atoms with Gasteiger partial charge in [0.1, 0.15) is 10.8 Å². The first kappa shape index (κ1) is 30.1. The van der Waals surface area contributed by atoms with Gasteiger partial charge in [0.2, 0.25) is 0 Å². The highest BCUT2D eigenvalue weighted by Gasteiger charge is 2.76. The molecule has 204 valence electrons. The Morgan fingerprint density at radius 2 is 1.59 bits per heavy atom. The molecule has 2 aromatic carbocycles. The van der Waals surface area contributed by atoms with Crippen LogP contribution in [0.4, 0.5) is 55.3 Å². The number of amides is 1. The molecular formula is C18H10F10N2O5S2. The molecule has 2 aromatic rings. The number of nitro benzene ring substituents is 1. The number of nitrogens with zero attached hydrogens (tertiary/aromatic N) is 1. The van der Waals surface area contributed by atoms with Crippen LogP contribution in [0.1, 0.15) is 0 Å². The van der Waals surface area contributed by atoms with Gasteiger partial charge in [-0.2, -0.15) is 43.9 Å². The maximum Gasteiger partial charge on any atom is 0.461 e. The average molecular weight is 588 g/mol. The number of nitro groups is 1. The van der Waals surface area contributed by atoms with Gasteiger partial charge in [0.05, 0.1) is 15.5 Å². The second-order valence-electron chi connectivity index (χ2n) is 6.63. The number of nitrogens with one attached hydrogen (secondary N) is 1. The van der Waals surface area contributed by atoms with Crippen molar-refractivity contribution in [3.63, 3.8) is 0 Å². The van der Waals surface area contributed by atoms with E-state index in [9.17, 15) is 63.0 Å². The van der Waals surface area contributed by atoms with E-state index in [1.807, 2.05) is 5.32 Å². The summed E-state index contributed by atoms with van der Waals surface area (Å²) in [4.78, 5) is 20.0. The molecule has 0 heterocycles. The monoisotopic (exact) mass is 588 g/mol.